The van der Waals surface area contributed by atoms with E-state index in [0.717, 1.165) is 12.8 Å². The summed E-state index contributed by atoms with van der Waals surface area (Å²) in [6, 6.07) is 9.87. The molecule has 1 aliphatic heterocycles. The van der Waals surface area contributed by atoms with Crippen molar-refractivity contribution in [2.45, 2.75) is 77.0 Å². The molecule has 3 aromatic rings. The molecule has 1 aromatic heterocycles. The lowest BCUT2D eigenvalue weighted by molar-refractivity contribution is -0.00834. The number of amides is 3. The van der Waals surface area contributed by atoms with Gasteiger partial charge >= 0.3 is 6.03 Å². The molecule has 274 valence electrons. The maximum Gasteiger partial charge on any atom is 0.323 e. The summed E-state index contributed by atoms with van der Waals surface area (Å²) in [5.41, 5.74) is 1.52. The molecule has 2 aromatic carbocycles. The van der Waals surface area contributed by atoms with Crippen molar-refractivity contribution < 1.29 is 41.8 Å². The number of methoxy groups -OCH3 is 1. The van der Waals surface area contributed by atoms with Crippen LogP contribution in [0.2, 0.25) is 0 Å². The largest absolute Gasteiger partial charge is 0.497 e. The van der Waals surface area contributed by atoms with E-state index in [9.17, 15) is 23.1 Å². The zero-order valence-electron chi connectivity index (χ0n) is 29.8. The fourth-order valence-corrected chi connectivity index (χ4v) is 6.86. The Morgan fingerprint density at radius 1 is 1.14 bits per heavy atom. The second-order valence-corrected chi connectivity index (χ2v) is 14.8. The second-order valence-electron chi connectivity index (χ2n) is 12.8. The standard InChI is InChI=1S/C35H49N5O9S/c1-22-19-40(23(2)21-41)34(42)30-18-27(36-35(43)37-33-25(4)38-49-26(33)5)11-16-31(30)48-24(3)10-8-9-17-47-32(22)20-39(6)50(44,45)29-14-12-28(46-7)13-15-29/h11-16,18,22-24,32,41H,8-10,17,19-21H2,1-7H3,(H2,36,37,43)/t22-,23-,24+,32+/m1/s1. The van der Waals surface area contributed by atoms with E-state index in [2.05, 4.69) is 15.8 Å². The number of aliphatic hydroxyl groups is 1. The number of rotatable bonds is 9. The molecule has 4 rings (SSSR count). The van der Waals surface area contributed by atoms with Crippen LogP contribution >= 0.6 is 0 Å². The van der Waals surface area contributed by atoms with Crippen molar-refractivity contribution in [3.8, 4) is 11.5 Å². The molecule has 3 N–H and O–H groups in total. The Morgan fingerprint density at radius 2 is 1.86 bits per heavy atom. The van der Waals surface area contributed by atoms with Gasteiger partial charge in [-0.15, -0.1) is 0 Å². The molecule has 0 radical (unpaired) electrons. The lowest BCUT2D eigenvalue weighted by atomic mass is 10.0. The third-order valence-corrected chi connectivity index (χ3v) is 10.6. The number of hydrogen-bond acceptors (Lipinski definition) is 10. The van der Waals surface area contributed by atoms with Crippen LogP contribution in [0.5, 0.6) is 11.5 Å². The van der Waals surface area contributed by atoms with Crippen LogP contribution in [0, 0.1) is 19.8 Å². The number of aromatic nitrogens is 1. The quantitative estimate of drug-likeness (QED) is 0.272. The Balaban J connectivity index is 1.62. The molecule has 3 amide bonds. The first-order valence-corrected chi connectivity index (χ1v) is 18.1. The van der Waals surface area contributed by atoms with Crippen molar-refractivity contribution >= 4 is 33.3 Å². The number of fused-ring (bicyclic) bond motifs is 1. The number of urea groups is 1. The minimum Gasteiger partial charge on any atom is -0.497 e. The van der Waals surface area contributed by atoms with Crippen molar-refractivity contribution in [3.63, 3.8) is 0 Å². The Kier molecular flexibility index (Phi) is 13.3. The highest BCUT2D eigenvalue weighted by molar-refractivity contribution is 7.89. The number of aliphatic hydroxyl groups excluding tert-OH is 1. The minimum absolute atomic E-state index is 0.0372. The molecule has 4 atom stereocenters. The highest BCUT2D eigenvalue weighted by atomic mass is 32.2. The van der Waals surface area contributed by atoms with Gasteiger partial charge in [-0.05, 0) is 89.4 Å². The molecule has 50 heavy (non-hydrogen) atoms. The molecule has 14 nitrogen and oxygen atoms in total. The van der Waals surface area contributed by atoms with Crippen molar-refractivity contribution in [1.82, 2.24) is 14.4 Å². The topological polar surface area (TPSA) is 173 Å². The summed E-state index contributed by atoms with van der Waals surface area (Å²) in [5, 5.41) is 19.6. The fourth-order valence-electron chi connectivity index (χ4n) is 5.68. The number of likely N-dealkylation sites (N-methyl/N-ethyl adjacent to an activating group) is 1. The van der Waals surface area contributed by atoms with Crippen molar-refractivity contribution in [1.29, 1.82) is 0 Å². The van der Waals surface area contributed by atoms with Crippen LogP contribution in [-0.4, -0.2) is 98.5 Å². The number of carbonyl (C=O) groups excluding carboxylic acids is 2. The zero-order chi connectivity index (χ0) is 36.6. The van der Waals surface area contributed by atoms with Gasteiger partial charge in [0.2, 0.25) is 10.0 Å². The van der Waals surface area contributed by atoms with Gasteiger partial charge in [-0.3, -0.25) is 4.79 Å². The summed E-state index contributed by atoms with van der Waals surface area (Å²) in [5.74, 6) is 0.563. The number of anilines is 2. The van der Waals surface area contributed by atoms with E-state index < -0.39 is 34.1 Å². The van der Waals surface area contributed by atoms with E-state index in [1.165, 1.54) is 35.5 Å². The van der Waals surface area contributed by atoms with E-state index >= 15 is 0 Å². The van der Waals surface area contributed by atoms with Crippen LogP contribution in [0.15, 0.2) is 51.9 Å². The molecule has 0 aliphatic carbocycles. The van der Waals surface area contributed by atoms with E-state index in [1.54, 1.807) is 51.1 Å². The molecule has 0 saturated heterocycles. The highest BCUT2D eigenvalue weighted by Gasteiger charge is 2.32. The number of nitrogens with one attached hydrogen (secondary N) is 2. The van der Waals surface area contributed by atoms with Crippen LogP contribution in [0.25, 0.3) is 0 Å². The third kappa shape index (κ3) is 9.53. The predicted molar refractivity (Wildman–Crippen MR) is 188 cm³/mol. The van der Waals surface area contributed by atoms with Crippen LogP contribution in [-0.2, 0) is 14.8 Å². The lowest BCUT2D eigenvalue weighted by Crippen LogP contribution is -2.48. The van der Waals surface area contributed by atoms with Gasteiger partial charge in [0.25, 0.3) is 5.91 Å². The van der Waals surface area contributed by atoms with E-state index in [1.807, 2.05) is 13.8 Å². The fraction of sp³-hybridized carbons (Fsp3) is 0.514. The summed E-state index contributed by atoms with van der Waals surface area (Å²) in [7, 11) is -0.847. The number of carbonyl (C=O) groups is 2. The molecule has 0 bridgehead atoms. The summed E-state index contributed by atoms with van der Waals surface area (Å²) in [6.45, 7) is 9.18. The summed E-state index contributed by atoms with van der Waals surface area (Å²) in [6.07, 6.45) is 1.36. The molecule has 0 unspecified atom stereocenters. The molecule has 15 heteroatoms. The molecule has 0 fully saturated rings. The Morgan fingerprint density at radius 3 is 2.50 bits per heavy atom. The van der Waals surface area contributed by atoms with Gasteiger partial charge in [0.15, 0.2) is 5.76 Å². The van der Waals surface area contributed by atoms with Gasteiger partial charge in [-0.25, -0.2) is 13.2 Å². The average Bonchev–Trinajstić information content (AvgIpc) is 3.41. The molecule has 1 aliphatic rings. The molecular weight excluding hydrogens is 666 g/mol. The first-order chi connectivity index (χ1) is 23.7. The minimum atomic E-state index is -3.86. The normalized spacial score (nSPS) is 20.0. The summed E-state index contributed by atoms with van der Waals surface area (Å²) in [4.78, 5) is 29.0. The van der Waals surface area contributed by atoms with Gasteiger partial charge in [-0.2, -0.15) is 4.31 Å². The smallest absolute Gasteiger partial charge is 0.323 e. The molecule has 0 saturated carbocycles. The zero-order valence-corrected chi connectivity index (χ0v) is 30.6. The number of nitrogens with zero attached hydrogens (tertiary/aromatic N) is 3. The number of hydrogen-bond donors (Lipinski definition) is 3. The molecule has 0 spiro atoms. The van der Waals surface area contributed by atoms with Gasteiger partial charge < -0.3 is 39.4 Å². The van der Waals surface area contributed by atoms with Crippen LogP contribution in [0.1, 0.15) is 61.8 Å². The maximum atomic E-state index is 14.4. The van der Waals surface area contributed by atoms with Crippen molar-refractivity contribution in [2.75, 3.05) is 51.1 Å². The predicted octanol–water partition coefficient (Wildman–Crippen LogP) is 5.06. The first kappa shape index (κ1) is 38.6. The Bertz CT molecular complexity index is 1690. The maximum absolute atomic E-state index is 14.4. The first-order valence-electron chi connectivity index (χ1n) is 16.7. The Hall–Kier alpha value is -4.18. The SMILES string of the molecule is COc1ccc(S(=O)(=O)N(C)C[C@@H]2OCCCC[C@H](C)Oc3ccc(NC(=O)Nc4c(C)noc4C)cc3C(=O)N([C@H](C)CO)C[C@H]2C)cc1. The average molecular weight is 716 g/mol. The third-order valence-electron chi connectivity index (χ3n) is 8.79. The summed E-state index contributed by atoms with van der Waals surface area (Å²) < 4.78 is 51.2. The number of aryl methyl sites for hydroxylation is 2. The van der Waals surface area contributed by atoms with Crippen LogP contribution in [0.3, 0.4) is 0 Å². The van der Waals surface area contributed by atoms with Crippen LogP contribution < -0.4 is 20.1 Å². The Labute approximate surface area is 294 Å². The highest BCUT2D eigenvalue weighted by Crippen LogP contribution is 2.29. The number of benzene rings is 2. The van der Waals surface area contributed by atoms with Gasteiger partial charge in [-0.1, -0.05) is 12.1 Å². The van der Waals surface area contributed by atoms with Crippen molar-refractivity contribution in [3.05, 3.63) is 59.5 Å². The lowest BCUT2D eigenvalue weighted by Gasteiger charge is -2.35. The van der Waals surface area contributed by atoms with Crippen LogP contribution in [0.4, 0.5) is 16.2 Å². The monoisotopic (exact) mass is 715 g/mol. The van der Waals surface area contributed by atoms with Crippen molar-refractivity contribution in [2.24, 2.45) is 5.92 Å². The van der Waals surface area contributed by atoms with E-state index in [-0.39, 0.29) is 42.2 Å². The van der Waals surface area contributed by atoms with Gasteiger partial charge in [0, 0.05) is 38.3 Å². The molecular formula is C35H49N5O9S. The van der Waals surface area contributed by atoms with E-state index in [4.69, 9.17) is 18.7 Å². The van der Waals surface area contributed by atoms with E-state index in [0.29, 0.717) is 47.4 Å². The summed E-state index contributed by atoms with van der Waals surface area (Å²) >= 11 is 0. The van der Waals surface area contributed by atoms with Gasteiger partial charge in [0.05, 0.1) is 42.4 Å². The molecule has 2 heterocycles. The van der Waals surface area contributed by atoms with Gasteiger partial charge in [0.1, 0.15) is 22.9 Å². The number of ether oxygens (including phenoxy) is 3. The number of sulfonamides is 1. The second kappa shape index (κ2) is 17.2.